The minimum Gasteiger partial charge on any atom is -0.497 e. The minimum absolute atomic E-state index is 0.0715. The summed E-state index contributed by atoms with van der Waals surface area (Å²) in [4.78, 5) is 31.1. The van der Waals surface area contributed by atoms with Crippen LogP contribution in [0, 0.1) is 0 Å². The highest BCUT2D eigenvalue weighted by Crippen LogP contribution is 2.38. The maximum Gasteiger partial charge on any atom is 0.341 e. The summed E-state index contributed by atoms with van der Waals surface area (Å²) < 4.78 is 10.4. The molecule has 0 radical (unpaired) electrons. The third-order valence-corrected chi connectivity index (χ3v) is 7.64. The van der Waals surface area contributed by atoms with Crippen LogP contribution in [0.1, 0.15) is 45.6 Å². The number of carbonyl (C=O) groups excluding carboxylic acids is 2. The summed E-state index contributed by atoms with van der Waals surface area (Å²) in [5.74, 6) is 0.452. The summed E-state index contributed by atoms with van der Waals surface area (Å²) >= 11 is 1.54. The molecule has 1 amide bonds. The molecule has 1 aliphatic heterocycles. The molecule has 0 spiro atoms. The molecule has 0 saturated carbocycles. The third kappa shape index (κ3) is 5.93. The zero-order chi connectivity index (χ0) is 23.2. The fourth-order valence-corrected chi connectivity index (χ4v) is 5.95. The Labute approximate surface area is 199 Å². The molecule has 2 aliphatic rings. The molecule has 1 aliphatic carbocycles. The number of nitrogens with zero attached hydrogens (tertiary/aromatic N) is 2. The number of esters is 1. The van der Waals surface area contributed by atoms with Gasteiger partial charge >= 0.3 is 5.97 Å². The average molecular weight is 472 g/mol. The number of hydrogen-bond donors (Lipinski definition) is 1. The van der Waals surface area contributed by atoms with Gasteiger partial charge in [-0.1, -0.05) is 18.6 Å². The summed E-state index contributed by atoms with van der Waals surface area (Å²) in [7, 11) is 3.09. The quantitative estimate of drug-likeness (QED) is 0.492. The predicted octanol–water partition coefficient (Wildman–Crippen LogP) is 3.57. The number of hydrogen-bond acceptors (Lipinski definition) is 7. The number of rotatable bonds is 7. The molecular weight excluding hydrogens is 438 g/mol. The molecule has 0 unspecified atom stereocenters. The standard InChI is InChI=1S/C25H33N3O4S/c1-31-19-8-6-7-18(15-19)16-27-11-13-28(14-12-27)17-22(29)26-24-23(25(30)32-2)20-9-4-3-5-10-21(20)33-24/h6-8,15H,3-5,9-14,16-17H2,1-2H3,(H,26,29). The molecule has 7 nitrogen and oxygen atoms in total. The molecule has 1 fully saturated rings. The number of thiophene rings is 1. The second-order valence-corrected chi connectivity index (χ2v) is 9.82. The van der Waals surface area contributed by atoms with Gasteiger partial charge in [-0.15, -0.1) is 11.3 Å². The molecule has 33 heavy (non-hydrogen) atoms. The van der Waals surface area contributed by atoms with Crippen molar-refractivity contribution in [3.05, 3.63) is 45.8 Å². The van der Waals surface area contributed by atoms with Crippen molar-refractivity contribution >= 4 is 28.2 Å². The van der Waals surface area contributed by atoms with E-state index in [1.165, 1.54) is 24.0 Å². The van der Waals surface area contributed by atoms with Crippen molar-refractivity contribution in [3.63, 3.8) is 0 Å². The molecule has 0 bridgehead atoms. The van der Waals surface area contributed by atoms with Crippen LogP contribution in [-0.2, 0) is 28.9 Å². The van der Waals surface area contributed by atoms with Gasteiger partial charge in [0.1, 0.15) is 10.8 Å². The van der Waals surface area contributed by atoms with Gasteiger partial charge in [-0.25, -0.2) is 4.79 Å². The average Bonchev–Trinajstić information content (AvgIpc) is 2.99. The number of anilines is 1. The summed E-state index contributed by atoms with van der Waals surface area (Å²) in [6, 6.07) is 8.16. The lowest BCUT2D eigenvalue weighted by molar-refractivity contribution is -0.117. The topological polar surface area (TPSA) is 71.1 Å². The normalized spacial score (nSPS) is 17.2. The maximum absolute atomic E-state index is 12.8. The minimum atomic E-state index is -0.351. The van der Waals surface area contributed by atoms with Gasteiger partial charge < -0.3 is 14.8 Å². The lowest BCUT2D eigenvalue weighted by Crippen LogP contribution is -2.48. The highest BCUT2D eigenvalue weighted by Gasteiger charge is 2.27. The van der Waals surface area contributed by atoms with Crippen LogP contribution < -0.4 is 10.1 Å². The van der Waals surface area contributed by atoms with Crippen LogP contribution in [-0.4, -0.2) is 68.6 Å². The van der Waals surface area contributed by atoms with Gasteiger partial charge in [-0.3, -0.25) is 14.6 Å². The Morgan fingerprint density at radius 3 is 2.55 bits per heavy atom. The van der Waals surface area contributed by atoms with Crippen molar-refractivity contribution < 1.29 is 19.1 Å². The van der Waals surface area contributed by atoms with Crippen molar-refractivity contribution in [1.29, 1.82) is 0 Å². The molecule has 0 atom stereocenters. The molecule has 1 aromatic heterocycles. The number of benzene rings is 1. The van der Waals surface area contributed by atoms with Gasteiger partial charge in [-0.2, -0.15) is 0 Å². The summed E-state index contributed by atoms with van der Waals surface area (Å²) in [5.41, 5.74) is 2.87. The molecule has 8 heteroatoms. The van der Waals surface area contributed by atoms with Crippen molar-refractivity contribution in [2.24, 2.45) is 0 Å². The van der Waals surface area contributed by atoms with Gasteiger partial charge in [0.15, 0.2) is 0 Å². The van der Waals surface area contributed by atoms with Crippen LogP contribution in [0.25, 0.3) is 0 Å². The predicted molar refractivity (Wildman–Crippen MR) is 130 cm³/mol. The van der Waals surface area contributed by atoms with E-state index in [-0.39, 0.29) is 11.9 Å². The van der Waals surface area contributed by atoms with E-state index >= 15 is 0 Å². The van der Waals surface area contributed by atoms with E-state index in [2.05, 4.69) is 27.2 Å². The van der Waals surface area contributed by atoms with Crippen molar-refractivity contribution in [1.82, 2.24) is 9.80 Å². The lowest BCUT2D eigenvalue weighted by Gasteiger charge is -2.34. The molecule has 2 heterocycles. The number of amides is 1. The lowest BCUT2D eigenvalue weighted by atomic mass is 10.1. The Morgan fingerprint density at radius 1 is 1.03 bits per heavy atom. The zero-order valence-electron chi connectivity index (χ0n) is 19.5. The van der Waals surface area contributed by atoms with Gasteiger partial charge in [0, 0.05) is 37.6 Å². The third-order valence-electron chi connectivity index (χ3n) is 6.44. The number of carbonyl (C=O) groups is 2. The number of methoxy groups -OCH3 is 2. The first kappa shape index (κ1) is 23.7. The van der Waals surface area contributed by atoms with Gasteiger partial charge in [0.25, 0.3) is 0 Å². The highest BCUT2D eigenvalue weighted by atomic mass is 32.1. The molecule has 4 rings (SSSR count). The SMILES string of the molecule is COC(=O)c1c(NC(=O)CN2CCN(Cc3cccc(OC)c3)CC2)sc2c1CCCCC2. The zero-order valence-corrected chi connectivity index (χ0v) is 20.3. The Morgan fingerprint density at radius 2 is 1.79 bits per heavy atom. The smallest absolute Gasteiger partial charge is 0.341 e. The van der Waals surface area contributed by atoms with E-state index in [1.807, 2.05) is 12.1 Å². The second-order valence-electron chi connectivity index (χ2n) is 8.71. The monoisotopic (exact) mass is 471 g/mol. The molecule has 1 N–H and O–H groups in total. The van der Waals surface area contributed by atoms with E-state index in [1.54, 1.807) is 18.4 Å². The molecule has 178 valence electrons. The summed E-state index contributed by atoms with van der Waals surface area (Å²) in [6.07, 6.45) is 5.21. The number of fused-ring (bicyclic) bond motifs is 1. The van der Waals surface area contributed by atoms with E-state index in [4.69, 9.17) is 9.47 Å². The summed E-state index contributed by atoms with van der Waals surface area (Å²) in [5, 5.41) is 3.67. The van der Waals surface area contributed by atoms with E-state index < -0.39 is 0 Å². The van der Waals surface area contributed by atoms with Crippen LogP contribution in [0.15, 0.2) is 24.3 Å². The summed E-state index contributed by atoms with van der Waals surface area (Å²) in [6.45, 7) is 4.69. The fourth-order valence-electron chi connectivity index (χ4n) is 4.65. The van der Waals surface area contributed by atoms with Gasteiger partial charge in [-0.05, 0) is 48.9 Å². The Balaban J connectivity index is 1.32. The molecule has 1 aromatic carbocycles. The van der Waals surface area contributed by atoms with Crippen molar-refractivity contribution in [2.45, 2.75) is 38.6 Å². The number of aryl methyl sites for hydroxylation is 1. The van der Waals surface area contributed by atoms with Crippen molar-refractivity contribution in [2.75, 3.05) is 52.3 Å². The van der Waals surface area contributed by atoms with E-state index in [9.17, 15) is 9.59 Å². The first-order valence-electron chi connectivity index (χ1n) is 11.7. The van der Waals surface area contributed by atoms with Gasteiger partial charge in [0.2, 0.25) is 5.91 Å². The largest absolute Gasteiger partial charge is 0.497 e. The number of piperazine rings is 1. The van der Waals surface area contributed by atoms with Crippen LogP contribution in [0.3, 0.4) is 0 Å². The van der Waals surface area contributed by atoms with Crippen molar-refractivity contribution in [3.8, 4) is 5.75 Å². The molecule has 2 aromatic rings. The van der Waals surface area contributed by atoms with E-state index in [0.29, 0.717) is 17.1 Å². The second kappa shape index (κ2) is 11.1. The van der Waals surface area contributed by atoms with E-state index in [0.717, 1.165) is 69.7 Å². The first-order valence-corrected chi connectivity index (χ1v) is 12.5. The van der Waals surface area contributed by atoms with Crippen LogP contribution >= 0.6 is 11.3 Å². The Kier molecular flexibility index (Phi) is 8.01. The van der Waals surface area contributed by atoms with Crippen LogP contribution in [0.4, 0.5) is 5.00 Å². The first-order chi connectivity index (χ1) is 16.1. The Hall–Kier alpha value is -2.42. The maximum atomic E-state index is 12.8. The van der Waals surface area contributed by atoms with Crippen LogP contribution in [0.5, 0.6) is 5.75 Å². The van der Waals surface area contributed by atoms with Crippen LogP contribution in [0.2, 0.25) is 0 Å². The molecule has 1 saturated heterocycles. The number of ether oxygens (including phenoxy) is 2. The highest BCUT2D eigenvalue weighted by molar-refractivity contribution is 7.17. The molecular formula is C25H33N3O4S. The number of nitrogens with one attached hydrogen (secondary N) is 1. The van der Waals surface area contributed by atoms with Gasteiger partial charge in [0.05, 0.1) is 26.3 Å². The Bertz CT molecular complexity index is 982. The fraction of sp³-hybridized carbons (Fsp3) is 0.520.